The van der Waals surface area contributed by atoms with Gasteiger partial charge in [0.2, 0.25) is 0 Å². The zero-order valence-corrected chi connectivity index (χ0v) is 17.6. The Morgan fingerprint density at radius 1 is 0.828 bits per heavy atom. The van der Waals surface area contributed by atoms with Crippen LogP contribution in [0.1, 0.15) is 34.3 Å². The van der Waals surface area contributed by atoms with Crippen LogP contribution in [-0.4, -0.2) is 66.4 Å². The zero-order chi connectivity index (χ0) is 20.1. The normalized spacial score (nSPS) is 19.4. The molecule has 2 aromatic carbocycles. The third-order valence-electron chi connectivity index (χ3n) is 6.51. The van der Waals surface area contributed by atoms with E-state index in [1.54, 1.807) is 0 Å². The van der Waals surface area contributed by atoms with Crippen LogP contribution in [0.2, 0.25) is 0 Å². The summed E-state index contributed by atoms with van der Waals surface area (Å²) >= 11 is 0. The maximum Gasteiger partial charge on any atom is 0.254 e. The largest absolute Gasteiger partial charge is 0.339 e. The molecule has 4 nitrogen and oxygen atoms in total. The van der Waals surface area contributed by atoms with E-state index in [1.165, 1.54) is 12.1 Å². The summed E-state index contributed by atoms with van der Waals surface area (Å²) in [6.07, 6.45) is 2.25. The molecule has 2 fully saturated rings. The Kier molecular flexibility index (Phi) is 6.63. The van der Waals surface area contributed by atoms with Crippen molar-refractivity contribution in [3.05, 3.63) is 71.3 Å². The maximum atomic E-state index is 12.8. The highest BCUT2D eigenvalue weighted by Gasteiger charge is 2.26. The third kappa shape index (κ3) is 5.26. The molecule has 2 saturated heterocycles. The molecule has 0 spiro atoms. The summed E-state index contributed by atoms with van der Waals surface area (Å²) in [7, 11) is 0. The molecule has 2 aromatic rings. The molecule has 0 N–H and O–H groups in total. The lowest BCUT2D eigenvalue weighted by molar-refractivity contribution is 0.0628. The molecule has 1 amide bonds. The summed E-state index contributed by atoms with van der Waals surface area (Å²) < 4.78 is 0. The summed E-state index contributed by atoms with van der Waals surface area (Å²) in [6.45, 7) is 10.7. The van der Waals surface area contributed by atoms with Crippen LogP contribution in [0.15, 0.2) is 54.6 Å². The summed E-state index contributed by atoms with van der Waals surface area (Å²) in [4.78, 5) is 20.1. The Bertz CT molecular complexity index is 791. The fourth-order valence-corrected chi connectivity index (χ4v) is 4.64. The first-order valence-electron chi connectivity index (χ1n) is 11.0. The molecule has 2 aliphatic heterocycles. The van der Waals surface area contributed by atoms with Crippen molar-refractivity contribution in [1.82, 2.24) is 14.7 Å². The monoisotopic (exact) mass is 391 g/mol. The van der Waals surface area contributed by atoms with Gasteiger partial charge in [-0.2, -0.15) is 0 Å². The van der Waals surface area contributed by atoms with E-state index in [-0.39, 0.29) is 5.91 Å². The van der Waals surface area contributed by atoms with Crippen LogP contribution in [-0.2, 0) is 6.54 Å². The highest BCUT2D eigenvalue weighted by atomic mass is 16.2. The van der Waals surface area contributed by atoms with Crippen LogP contribution >= 0.6 is 0 Å². The average molecular weight is 392 g/mol. The molecule has 0 saturated carbocycles. The van der Waals surface area contributed by atoms with Crippen molar-refractivity contribution in [2.24, 2.45) is 5.92 Å². The van der Waals surface area contributed by atoms with E-state index in [0.29, 0.717) is 0 Å². The van der Waals surface area contributed by atoms with Crippen molar-refractivity contribution in [3.8, 4) is 0 Å². The lowest BCUT2D eigenvalue weighted by Gasteiger charge is -2.39. The smallest absolute Gasteiger partial charge is 0.254 e. The van der Waals surface area contributed by atoms with Crippen LogP contribution in [0.5, 0.6) is 0 Å². The minimum atomic E-state index is 0.205. The lowest BCUT2D eigenvalue weighted by Crippen LogP contribution is -2.48. The van der Waals surface area contributed by atoms with Crippen molar-refractivity contribution >= 4 is 5.91 Å². The molecule has 154 valence electrons. The summed E-state index contributed by atoms with van der Waals surface area (Å²) in [5, 5.41) is 0. The van der Waals surface area contributed by atoms with Crippen molar-refractivity contribution < 1.29 is 4.79 Å². The lowest BCUT2D eigenvalue weighted by atomic mass is 9.95. The van der Waals surface area contributed by atoms with Gasteiger partial charge in [-0.15, -0.1) is 0 Å². The molecular weight excluding hydrogens is 358 g/mol. The SMILES string of the molecule is Cc1ccccc1C(=O)N1CCC(CN2CCN(Cc3ccccc3)CC2)CC1. The second-order valence-corrected chi connectivity index (χ2v) is 8.61. The Labute approximate surface area is 175 Å². The van der Waals surface area contributed by atoms with Crippen LogP contribution in [0.25, 0.3) is 0 Å². The van der Waals surface area contributed by atoms with Gasteiger partial charge in [0.05, 0.1) is 0 Å². The predicted octanol–water partition coefficient (Wildman–Crippen LogP) is 3.67. The van der Waals surface area contributed by atoms with Gasteiger partial charge in [0.25, 0.3) is 5.91 Å². The summed E-state index contributed by atoms with van der Waals surface area (Å²) in [6, 6.07) is 18.7. The Balaban J connectivity index is 1.20. The minimum absolute atomic E-state index is 0.205. The first kappa shape index (κ1) is 20.1. The van der Waals surface area contributed by atoms with Gasteiger partial charge in [0.15, 0.2) is 0 Å². The minimum Gasteiger partial charge on any atom is -0.339 e. The molecule has 0 bridgehead atoms. The summed E-state index contributed by atoms with van der Waals surface area (Å²) in [5.74, 6) is 0.924. The molecule has 0 aromatic heterocycles. The predicted molar refractivity (Wildman–Crippen MR) is 118 cm³/mol. The van der Waals surface area contributed by atoms with Gasteiger partial charge in [-0.1, -0.05) is 48.5 Å². The van der Waals surface area contributed by atoms with E-state index in [0.717, 1.165) is 75.7 Å². The second-order valence-electron chi connectivity index (χ2n) is 8.61. The van der Waals surface area contributed by atoms with Gasteiger partial charge in [-0.25, -0.2) is 0 Å². The molecule has 4 heteroatoms. The molecule has 0 atom stereocenters. The number of aryl methyl sites for hydroxylation is 1. The van der Waals surface area contributed by atoms with Crippen molar-refractivity contribution in [2.45, 2.75) is 26.3 Å². The standard InChI is InChI=1S/C25H33N3O/c1-21-7-5-6-10-24(21)25(29)28-13-11-23(12-14-28)20-27-17-15-26(16-18-27)19-22-8-3-2-4-9-22/h2-10,23H,11-20H2,1H3. The first-order chi connectivity index (χ1) is 14.2. The van der Waals surface area contributed by atoms with Gasteiger partial charge in [-0.3, -0.25) is 9.69 Å². The van der Waals surface area contributed by atoms with E-state index >= 15 is 0 Å². The fraction of sp³-hybridized carbons (Fsp3) is 0.480. The molecule has 2 heterocycles. The molecule has 4 rings (SSSR count). The first-order valence-corrected chi connectivity index (χ1v) is 11.0. The number of piperidine rings is 1. The number of benzene rings is 2. The highest BCUT2D eigenvalue weighted by Crippen LogP contribution is 2.22. The van der Waals surface area contributed by atoms with Crippen LogP contribution in [0, 0.1) is 12.8 Å². The van der Waals surface area contributed by atoms with Gasteiger partial charge in [0, 0.05) is 57.9 Å². The molecule has 2 aliphatic rings. The molecule has 29 heavy (non-hydrogen) atoms. The van der Waals surface area contributed by atoms with Crippen molar-refractivity contribution in [2.75, 3.05) is 45.8 Å². The van der Waals surface area contributed by atoms with Gasteiger partial charge in [-0.05, 0) is 42.9 Å². The van der Waals surface area contributed by atoms with Crippen molar-refractivity contribution in [1.29, 1.82) is 0 Å². The van der Waals surface area contributed by atoms with Crippen LogP contribution in [0.3, 0.4) is 0 Å². The fourth-order valence-electron chi connectivity index (χ4n) is 4.64. The van der Waals surface area contributed by atoms with E-state index in [9.17, 15) is 4.79 Å². The number of likely N-dealkylation sites (tertiary alicyclic amines) is 1. The third-order valence-corrected chi connectivity index (χ3v) is 6.51. The van der Waals surface area contributed by atoms with Gasteiger partial charge >= 0.3 is 0 Å². The van der Waals surface area contributed by atoms with Gasteiger partial charge in [0.1, 0.15) is 0 Å². The van der Waals surface area contributed by atoms with Gasteiger partial charge < -0.3 is 9.80 Å². The number of carbonyl (C=O) groups excluding carboxylic acids is 1. The topological polar surface area (TPSA) is 26.8 Å². The Hall–Kier alpha value is -2.17. The van der Waals surface area contributed by atoms with Crippen LogP contribution in [0.4, 0.5) is 0 Å². The highest BCUT2D eigenvalue weighted by molar-refractivity contribution is 5.95. The molecule has 0 aliphatic carbocycles. The number of carbonyl (C=O) groups is 1. The van der Waals surface area contributed by atoms with E-state index < -0.39 is 0 Å². The zero-order valence-electron chi connectivity index (χ0n) is 17.6. The van der Waals surface area contributed by atoms with E-state index in [2.05, 4.69) is 45.0 Å². The van der Waals surface area contributed by atoms with Crippen LogP contribution < -0.4 is 0 Å². The number of hydrogen-bond donors (Lipinski definition) is 0. The second kappa shape index (κ2) is 9.55. The number of rotatable bonds is 5. The maximum absolute atomic E-state index is 12.8. The molecule has 0 radical (unpaired) electrons. The Morgan fingerprint density at radius 2 is 1.45 bits per heavy atom. The number of piperazine rings is 1. The van der Waals surface area contributed by atoms with E-state index in [1.807, 2.05) is 31.2 Å². The summed E-state index contributed by atoms with van der Waals surface area (Å²) in [5.41, 5.74) is 3.35. The molecule has 0 unspecified atom stereocenters. The van der Waals surface area contributed by atoms with Crippen molar-refractivity contribution in [3.63, 3.8) is 0 Å². The number of hydrogen-bond acceptors (Lipinski definition) is 3. The Morgan fingerprint density at radius 3 is 2.14 bits per heavy atom. The number of amides is 1. The van der Waals surface area contributed by atoms with E-state index in [4.69, 9.17) is 0 Å². The average Bonchev–Trinajstić information content (AvgIpc) is 2.76. The molecular formula is C25H33N3O. The number of nitrogens with zero attached hydrogens (tertiary/aromatic N) is 3. The quantitative estimate of drug-likeness (QED) is 0.778.